The zero-order chi connectivity index (χ0) is 14.5. The first-order valence-electron chi connectivity index (χ1n) is 6.21. The van der Waals surface area contributed by atoms with Crippen molar-refractivity contribution in [3.63, 3.8) is 0 Å². The van der Waals surface area contributed by atoms with Crippen molar-refractivity contribution in [1.29, 1.82) is 0 Å². The molecule has 0 bridgehead atoms. The molecule has 0 aliphatic rings. The van der Waals surface area contributed by atoms with Gasteiger partial charge < -0.3 is 10.6 Å². The summed E-state index contributed by atoms with van der Waals surface area (Å²) in [5.41, 5.74) is 3.10. The number of carbonyl (C=O) groups excluding carboxylic acids is 2. The zero-order valence-electron chi connectivity index (χ0n) is 11.4. The van der Waals surface area contributed by atoms with Crippen LogP contribution in [-0.4, -0.2) is 35.6 Å². The van der Waals surface area contributed by atoms with Crippen molar-refractivity contribution in [3.05, 3.63) is 41.6 Å². The van der Waals surface area contributed by atoms with E-state index in [4.69, 9.17) is 0 Å². The molecule has 0 fully saturated rings. The van der Waals surface area contributed by atoms with Crippen molar-refractivity contribution < 1.29 is 9.59 Å². The number of aromatic amines is 1. The van der Waals surface area contributed by atoms with Gasteiger partial charge in [0.25, 0.3) is 5.91 Å². The van der Waals surface area contributed by atoms with E-state index in [-0.39, 0.29) is 18.4 Å². The van der Waals surface area contributed by atoms with Crippen molar-refractivity contribution in [2.24, 2.45) is 0 Å². The lowest BCUT2D eigenvalue weighted by molar-refractivity contribution is -0.119. The predicted molar refractivity (Wildman–Crippen MR) is 75.2 cm³/mol. The third kappa shape index (κ3) is 3.23. The summed E-state index contributed by atoms with van der Waals surface area (Å²) in [6, 6.07) is 9.50. The zero-order valence-corrected chi connectivity index (χ0v) is 11.4. The molecular weight excluding hydrogens is 256 g/mol. The van der Waals surface area contributed by atoms with Gasteiger partial charge in [-0.3, -0.25) is 14.7 Å². The van der Waals surface area contributed by atoms with Crippen LogP contribution >= 0.6 is 0 Å². The van der Waals surface area contributed by atoms with Crippen molar-refractivity contribution in [3.8, 4) is 11.3 Å². The number of likely N-dealkylation sites (N-methyl/N-ethyl adjacent to an activating group) is 1. The minimum Gasteiger partial charge on any atom is -0.358 e. The molecular formula is C14H16N4O2. The number of rotatable bonds is 4. The van der Waals surface area contributed by atoms with Crippen LogP contribution in [0.15, 0.2) is 30.3 Å². The lowest BCUT2D eigenvalue weighted by Crippen LogP contribution is -2.35. The van der Waals surface area contributed by atoms with Crippen LogP contribution in [-0.2, 0) is 4.79 Å². The van der Waals surface area contributed by atoms with E-state index in [9.17, 15) is 9.59 Å². The van der Waals surface area contributed by atoms with Gasteiger partial charge in [-0.2, -0.15) is 5.10 Å². The fraction of sp³-hybridized carbons (Fsp3) is 0.214. The molecule has 1 aromatic heterocycles. The number of benzene rings is 1. The summed E-state index contributed by atoms with van der Waals surface area (Å²) in [5, 5.41) is 11.7. The van der Waals surface area contributed by atoms with Crippen molar-refractivity contribution in [2.45, 2.75) is 6.92 Å². The van der Waals surface area contributed by atoms with Gasteiger partial charge in [0.2, 0.25) is 5.91 Å². The third-order valence-corrected chi connectivity index (χ3v) is 2.86. The van der Waals surface area contributed by atoms with Crippen LogP contribution in [0, 0.1) is 6.92 Å². The average molecular weight is 272 g/mol. The van der Waals surface area contributed by atoms with Crippen LogP contribution in [0.4, 0.5) is 0 Å². The van der Waals surface area contributed by atoms with Gasteiger partial charge in [-0.05, 0) is 13.0 Å². The van der Waals surface area contributed by atoms with Crippen LogP contribution in [0.3, 0.4) is 0 Å². The fourth-order valence-electron chi connectivity index (χ4n) is 1.65. The lowest BCUT2D eigenvalue weighted by Gasteiger charge is -2.01. The summed E-state index contributed by atoms with van der Waals surface area (Å²) in [5.74, 6) is -0.615. The Kier molecular flexibility index (Phi) is 4.14. The molecule has 0 atom stereocenters. The number of aromatic nitrogens is 2. The molecule has 1 heterocycles. The van der Waals surface area contributed by atoms with Crippen molar-refractivity contribution in [1.82, 2.24) is 20.8 Å². The van der Waals surface area contributed by atoms with Gasteiger partial charge >= 0.3 is 0 Å². The highest BCUT2D eigenvalue weighted by molar-refractivity contribution is 5.95. The van der Waals surface area contributed by atoms with Crippen LogP contribution in [0.5, 0.6) is 0 Å². The average Bonchev–Trinajstić information content (AvgIpc) is 2.95. The van der Waals surface area contributed by atoms with E-state index in [1.54, 1.807) is 6.07 Å². The summed E-state index contributed by atoms with van der Waals surface area (Å²) in [7, 11) is 1.51. The van der Waals surface area contributed by atoms with E-state index in [0.29, 0.717) is 11.4 Å². The Morgan fingerprint density at radius 2 is 1.95 bits per heavy atom. The minimum absolute atomic E-state index is 0.0613. The minimum atomic E-state index is -0.362. The molecule has 2 amide bonds. The molecule has 104 valence electrons. The van der Waals surface area contributed by atoms with Gasteiger partial charge in [-0.15, -0.1) is 0 Å². The second-order valence-corrected chi connectivity index (χ2v) is 4.39. The molecule has 6 heteroatoms. The van der Waals surface area contributed by atoms with Gasteiger partial charge in [0.15, 0.2) is 0 Å². The first-order valence-corrected chi connectivity index (χ1v) is 6.21. The molecule has 0 unspecified atom stereocenters. The summed E-state index contributed by atoms with van der Waals surface area (Å²) >= 11 is 0. The van der Waals surface area contributed by atoms with Gasteiger partial charge in [-0.25, -0.2) is 0 Å². The van der Waals surface area contributed by atoms with Gasteiger partial charge in [0, 0.05) is 12.6 Å². The van der Waals surface area contributed by atoms with E-state index in [1.165, 1.54) is 7.05 Å². The molecule has 2 rings (SSSR count). The second-order valence-electron chi connectivity index (χ2n) is 4.39. The first-order chi connectivity index (χ1) is 9.60. The molecule has 2 aromatic rings. The molecule has 0 saturated heterocycles. The number of nitrogens with one attached hydrogen (secondary N) is 3. The molecule has 3 N–H and O–H groups in total. The Hall–Kier alpha value is -2.63. The fourth-order valence-corrected chi connectivity index (χ4v) is 1.65. The smallest absolute Gasteiger partial charge is 0.269 e. The Labute approximate surface area is 116 Å². The molecule has 1 aromatic carbocycles. The maximum atomic E-state index is 11.8. The van der Waals surface area contributed by atoms with E-state index in [2.05, 4.69) is 20.8 Å². The molecule has 6 nitrogen and oxygen atoms in total. The van der Waals surface area contributed by atoms with Crippen LogP contribution in [0.25, 0.3) is 11.3 Å². The number of aryl methyl sites for hydroxylation is 1. The standard InChI is InChI=1S/C14H16N4O2/c1-9-3-5-10(6-4-9)11-7-12(18-17-11)14(20)16-8-13(19)15-2/h3-7H,8H2,1-2H3,(H,15,19)(H,16,20)(H,17,18). The lowest BCUT2D eigenvalue weighted by atomic mass is 10.1. The van der Waals surface area contributed by atoms with Gasteiger partial charge in [0.05, 0.1) is 12.2 Å². The van der Waals surface area contributed by atoms with E-state index < -0.39 is 0 Å². The monoisotopic (exact) mass is 272 g/mol. The van der Waals surface area contributed by atoms with Gasteiger partial charge in [0.1, 0.15) is 5.69 Å². The maximum Gasteiger partial charge on any atom is 0.269 e. The Bertz CT molecular complexity index is 616. The highest BCUT2D eigenvalue weighted by Crippen LogP contribution is 2.17. The normalized spacial score (nSPS) is 10.1. The van der Waals surface area contributed by atoms with Crippen LogP contribution in [0.1, 0.15) is 16.1 Å². The van der Waals surface area contributed by atoms with Crippen molar-refractivity contribution in [2.75, 3.05) is 13.6 Å². The molecule has 0 spiro atoms. The Morgan fingerprint density at radius 1 is 1.25 bits per heavy atom. The van der Waals surface area contributed by atoms with E-state index >= 15 is 0 Å². The summed E-state index contributed by atoms with van der Waals surface area (Å²) in [6.07, 6.45) is 0. The molecule has 0 saturated carbocycles. The number of hydrogen-bond acceptors (Lipinski definition) is 3. The van der Waals surface area contributed by atoms with Gasteiger partial charge in [-0.1, -0.05) is 29.8 Å². The van der Waals surface area contributed by atoms with E-state index in [0.717, 1.165) is 11.1 Å². The molecule has 0 aliphatic heterocycles. The summed E-state index contributed by atoms with van der Waals surface area (Å²) < 4.78 is 0. The second kappa shape index (κ2) is 6.01. The summed E-state index contributed by atoms with van der Waals surface area (Å²) in [4.78, 5) is 22.9. The maximum absolute atomic E-state index is 11.8. The Morgan fingerprint density at radius 3 is 2.60 bits per heavy atom. The molecule has 0 radical (unpaired) electrons. The SMILES string of the molecule is CNC(=O)CNC(=O)c1cc(-c2ccc(C)cc2)n[nH]1. The first kappa shape index (κ1) is 13.8. The van der Waals surface area contributed by atoms with Crippen molar-refractivity contribution >= 4 is 11.8 Å². The topological polar surface area (TPSA) is 86.9 Å². The molecule has 20 heavy (non-hydrogen) atoms. The highest BCUT2D eigenvalue weighted by atomic mass is 16.2. The third-order valence-electron chi connectivity index (χ3n) is 2.86. The number of amides is 2. The van der Waals surface area contributed by atoms with Crippen LogP contribution in [0.2, 0.25) is 0 Å². The number of H-pyrrole nitrogens is 1. The quantitative estimate of drug-likeness (QED) is 0.771. The molecule has 0 aliphatic carbocycles. The highest BCUT2D eigenvalue weighted by Gasteiger charge is 2.11. The number of hydrogen-bond donors (Lipinski definition) is 3. The van der Waals surface area contributed by atoms with E-state index in [1.807, 2.05) is 31.2 Å². The largest absolute Gasteiger partial charge is 0.358 e. The number of nitrogens with zero attached hydrogens (tertiary/aromatic N) is 1. The Balaban J connectivity index is 2.06. The van der Waals surface area contributed by atoms with Crippen LogP contribution < -0.4 is 10.6 Å². The summed E-state index contributed by atoms with van der Waals surface area (Å²) in [6.45, 7) is 1.94. The predicted octanol–water partition coefficient (Wildman–Crippen LogP) is 0.861. The number of carbonyl (C=O) groups is 2.